The zero-order valence-corrected chi connectivity index (χ0v) is 14.5. The van der Waals surface area contributed by atoms with E-state index in [0.29, 0.717) is 25.4 Å². The maximum absolute atomic E-state index is 12.4. The van der Waals surface area contributed by atoms with Gasteiger partial charge in [0, 0.05) is 45.1 Å². The molecular formula is C18H31N3O2. The van der Waals surface area contributed by atoms with Crippen molar-refractivity contribution in [3.63, 3.8) is 0 Å². The quantitative estimate of drug-likeness (QED) is 0.619. The van der Waals surface area contributed by atoms with Crippen LogP contribution in [0.25, 0.3) is 0 Å². The van der Waals surface area contributed by atoms with Gasteiger partial charge in [0.15, 0.2) is 0 Å². The van der Waals surface area contributed by atoms with Crippen LogP contribution < -0.4 is 5.32 Å². The number of hydrogen-bond donors (Lipinski definition) is 1. The van der Waals surface area contributed by atoms with Gasteiger partial charge in [-0.15, -0.1) is 0 Å². The third-order valence-electron chi connectivity index (χ3n) is 5.88. The van der Waals surface area contributed by atoms with Crippen molar-refractivity contribution in [2.24, 2.45) is 5.41 Å². The van der Waals surface area contributed by atoms with Crippen LogP contribution in [0.4, 0.5) is 0 Å². The lowest BCUT2D eigenvalue weighted by Crippen LogP contribution is -2.49. The normalized spacial score (nSPS) is 28.7. The van der Waals surface area contributed by atoms with E-state index in [2.05, 4.69) is 17.1 Å². The van der Waals surface area contributed by atoms with E-state index in [1.54, 1.807) is 4.90 Å². The fourth-order valence-corrected chi connectivity index (χ4v) is 4.58. The molecule has 1 atom stereocenters. The molecule has 2 aliphatic heterocycles. The van der Waals surface area contributed by atoms with Crippen molar-refractivity contribution in [3.8, 4) is 0 Å². The molecule has 2 heterocycles. The molecule has 1 saturated carbocycles. The first-order chi connectivity index (χ1) is 11.1. The minimum Gasteiger partial charge on any atom is -0.312 e. The number of unbranched alkanes of at least 4 members (excludes halogenated alkanes) is 1. The van der Waals surface area contributed by atoms with Gasteiger partial charge in [-0.2, -0.15) is 0 Å². The van der Waals surface area contributed by atoms with Gasteiger partial charge in [0.2, 0.25) is 11.8 Å². The number of rotatable bonds is 5. The summed E-state index contributed by atoms with van der Waals surface area (Å²) in [4.78, 5) is 28.8. The Bertz CT molecular complexity index is 426. The molecule has 1 aliphatic carbocycles. The molecule has 3 aliphatic rings. The summed E-state index contributed by atoms with van der Waals surface area (Å²) >= 11 is 0. The van der Waals surface area contributed by atoms with Crippen LogP contribution in [-0.2, 0) is 9.59 Å². The number of amides is 2. The van der Waals surface area contributed by atoms with Crippen LogP contribution in [0.2, 0.25) is 0 Å². The molecule has 2 amide bonds. The molecule has 0 radical (unpaired) electrons. The fourth-order valence-electron chi connectivity index (χ4n) is 4.58. The van der Waals surface area contributed by atoms with Crippen LogP contribution in [0.5, 0.6) is 0 Å². The number of likely N-dealkylation sites (tertiary alicyclic amines) is 1. The molecule has 3 fully saturated rings. The summed E-state index contributed by atoms with van der Waals surface area (Å²) in [5, 5.41) is 3.45. The van der Waals surface area contributed by atoms with Gasteiger partial charge in [-0.3, -0.25) is 14.5 Å². The monoisotopic (exact) mass is 321 g/mol. The first-order valence-corrected chi connectivity index (χ1v) is 9.37. The predicted octanol–water partition coefficient (Wildman–Crippen LogP) is 1.77. The predicted molar refractivity (Wildman–Crippen MR) is 90.0 cm³/mol. The molecule has 1 spiro atoms. The molecule has 2 saturated heterocycles. The number of piperidine rings is 1. The Morgan fingerprint density at radius 3 is 2.39 bits per heavy atom. The summed E-state index contributed by atoms with van der Waals surface area (Å²) in [7, 11) is 0. The average Bonchev–Trinajstić information content (AvgIpc) is 2.93. The summed E-state index contributed by atoms with van der Waals surface area (Å²) < 4.78 is 0. The number of carbonyl (C=O) groups is 2. The molecule has 130 valence electrons. The Morgan fingerprint density at radius 2 is 1.74 bits per heavy atom. The van der Waals surface area contributed by atoms with Crippen molar-refractivity contribution < 1.29 is 9.59 Å². The molecule has 1 N–H and O–H groups in total. The van der Waals surface area contributed by atoms with Gasteiger partial charge >= 0.3 is 0 Å². The van der Waals surface area contributed by atoms with Crippen LogP contribution >= 0.6 is 0 Å². The van der Waals surface area contributed by atoms with Crippen molar-refractivity contribution in [1.29, 1.82) is 0 Å². The Hall–Kier alpha value is -0.940. The number of carbonyl (C=O) groups excluding carboxylic acids is 2. The minimum atomic E-state index is 0.0294. The van der Waals surface area contributed by atoms with Crippen molar-refractivity contribution in [3.05, 3.63) is 0 Å². The van der Waals surface area contributed by atoms with Crippen LogP contribution in [0.3, 0.4) is 0 Å². The van der Waals surface area contributed by atoms with Crippen LogP contribution in [-0.4, -0.2) is 60.4 Å². The Balaban J connectivity index is 1.40. The smallest absolute Gasteiger partial charge is 0.229 e. The highest BCUT2D eigenvalue weighted by Gasteiger charge is 2.44. The van der Waals surface area contributed by atoms with E-state index in [1.165, 1.54) is 12.8 Å². The molecule has 23 heavy (non-hydrogen) atoms. The molecule has 0 aromatic heterocycles. The number of nitrogens with zero attached hydrogens (tertiary/aromatic N) is 2. The standard InChI is InChI=1S/C18H31N3O2/c1-15-14-20(11-8-19-15)9-4-5-10-21-16(22)12-18(13-17(21)23)6-2-3-7-18/h15,19H,2-14H2,1H3. The molecule has 0 aromatic rings. The first kappa shape index (κ1) is 16.9. The molecule has 5 nitrogen and oxygen atoms in total. The zero-order chi connectivity index (χ0) is 16.3. The Morgan fingerprint density at radius 1 is 1.09 bits per heavy atom. The summed E-state index contributed by atoms with van der Waals surface area (Å²) in [6, 6.07) is 0.566. The molecule has 0 aromatic carbocycles. The van der Waals surface area contributed by atoms with Gasteiger partial charge in [-0.05, 0) is 44.6 Å². The highest BCUT2D eigenvalue weighted by atomic mass is 16.2. The van der Waals surface area contributed by atoms with Gasteiger partial charge in [-0.1, -0.05) is 12.8 Å². The topological polar surface area (TPSA) is 52.7 Å². The van der Waals surface area contributed by atoms with E-state index >= 15 is 0 Å². The number of hydrogen-bond acceptors (Lipinski definition) is 4. The highest BCUT2D eigenvalue weighted by Crippen LogP contribution is 2.46. The van der Waals surface area contributed by atoms with Crippen LogP contribution in [0.15, 0.2) is 0 Å². The fraction of sp³-hybridized carbons (Fsp3) is 0.889. The average molecular weight is 321 g/mol. The van der Waals surface area contributed by atoms with E-state index in [4.69, 9.17) is 0 Å². The molecule has 3 rings (SSSR count). The van der Waals surface area contributed by atoms with Crippen molar-refractivity contribution in [2.45, 2.75) is 64.3 Å². The second-order valence-corrected chi connectivity index (χ2v) is 7.86. The van der Waals surface area contributed by atoms with Gasteiger partial charge in [-0.25, -0.2) is 0 Å². The van der Waals surface area contributed by atoms with E-state index in [-0.39, 0.29) is 17.2 Å². The van der Waals surface area contributed by atoms with Gasteiger partial charge in [0.1, 0.15) is 0 Å². The second-order valence-electron chi connectivity index (χ2n) is 7.86. The maximum atomic E-state index is 12.4. The maximum Gasteiger partial charge on any atom is 0.229 e. The molecule has 5 heteroatoms. The molecule has 1 unspecified atom stereocenters. The van der Waals surface area contributed by atoms with Gasteiger partial charge in [0.25, 0.3) is 0 Å². The Kier molecular flexibility index (Phi) is 5.37. The zero-order valence-electron chi connectivity index (χ0n) is 14.5. The minimum absolute atomic E-state index is 0.0294. The van der Waals surface area contributed by atoms with E-state index in [1.807, 2.05) is 0 Å². The number of nitrogens with one attached hydrogen (secondary N) is 1. The van der Waals surface area contributed by atoms with Gasteiger partial charge in [0.05, 0.1) is 0 Å². The van der Waals surface area contributed by atoms with Crippen molar-refractivity contribution >= 4 is 11.8 Å². The molecule has 0 bridgehead atoms. The van der Waals surface area contributed by atoms with Crippen LogP contribution in [0, 0.1) is 5.41 Å². The summed E-state index contributed by atoms with van der Waals surface area (Å²) in [6.07, 6.45) is 7.71. The van der Waals surface area contributed by atoms with Crippen molar-refractivity contribution in [1.82, 2.24) is 15.1 Å². The number of imide groups is 1. The lowest BCUT2D eigenvalue weighted by molar-refractivity contribution is -0.153. The largest absolute Gasteiger partial charge is 0.312 e. The Labute approximate surface area is 139 Å². The SMILES string of the molecule is CC1CN(CCCCN2C(=O)CC3(CCCC3)CC2=O)CCN1. The third kappa shape index (κ3) is 4.13. The van der Waals surface area contributed by atoms with E-state index < -0.39 is 0 Å². The third-order valence-corrected chi connectivity index (χ3v) is 5.88. The highest BCUT2D eigenvalue weighted by molar-refractivity contribution is 5.98. The van der Waals surface area contributed by atoms with Crippen molar-refractivity contribution in [2.75, 3.05) is 32.7 Å². The molecular weight excluding hydrogens is 290 g/mol. The van der Waals surface area contributed by atoms with E-state index in [9.17, 15) is 9.59 Å². The van der Waals surface area contributed by atoms with Gasteiger partial charge < -0.3 is 10.2 Å². The lowest BCUT2D eigenvalue weighted by atomic mass is 9.76. The first-order valence-electron chi connectivity index (χ1n) is 9.37. The van der Waals surface area contributed by atoms with Crippen LogP contribution in [0.1, 0.15) is 58.3 Å². The number of piperazine rings is 1. The summed E-state index contributed by atoms with van der Waals surface area (Å²) in [5.74, 6) is 0.165. The summed E-state index contributed by atoms with van der Waals surface area (Å²) in [6.45, 7) is 7.18. The summed E-state index contributed by atoms with van der Waals surface area (Å²) in [5.41, 5.74) is 0.0294. The van der Waals surface area contributed by atoms with E-state index in [0.717, 1.165) is 51.9 Å². The lowest BCUT2D eigenvalue weighted by Gasteiger charge is -2.37. The second kappa shape index (κ2) is 7.31.